The van der Waals surface area contributed by atoms with Crippen molar-refractivity contribution in [2.24, 2.45) is 0 Å². The van der Waals surface area contributed by atoms with Gasteiger partial charge in [0.15, 0.2) is 0 Å². The van der Waals surface area contributed by atoms with Crippen LogP contribution in [0.2, 0.25) is 0 Å². The molecule has 110 valence electrons. The maximum absolute atomic E-state index is 12.3. The van der Waals surface area contributed by atoms with E-state index in [1.165, 1.54) is 11.3 Å². The quantitative estimate of drug-likeness (QED) is 0.869. The molecule has 1 saturated heterocycles. The maximum atomic E-state index is 12.3. The highest BCUT2D eigenvalue weighted by molar-refractivity contribution is 7.99. The number of aromatic nitrogens is 1. The lowest BCUT2D eigenvalue weighted by molar-refractivity contribution is 0.0426. The molecule has 21 heavy (non-hydrogen) atoms. The van der Waals surface area contributed by atoms with Gasteiger partial charge in [-0.15, -0.1) is 11.3 Å². The first-order valence-corrected chi connectivity index (χ1v) is 9.03. The van der Waals surface area contributed by atoms with Gasteiger partial charge in [-0.2, -0.15) is 17.0 Å². The molecule has 0 atom stereocenters. The van der Waals surface area contributed by atoms with Gasteiger partial charge < -0.3 is 9.30 Å². The molecule has 0 N–H and O–H groups in total. The zero-order valence-electron chi connectivity index (χ0n) is 11.6. The summed E-state index contributed by atoms with van der Waals surface area (Å²) in [6.45, 7) is 1.03. The fourth-order valence-corrected chi connectivity index (χ4v) is 4.44. The van der Waals surface area contributed by atoms with Crippen LogP contribution in [0.4, 0.5) is 0 Å². The average molecular weight is 320 g/mol. The van der Waals surface area contributed by atoms with Gasteiger partial charge in [-0.3, -0.25) is 4.79 Å². The van der Waals surface area contributed by atoms with E-state index in [0.717, 1.165) is 29.7 Å². The summed E-state index contributed by atoms with van der Waals surface area (Å²) in [7, 11) is 0. The molecule has 0 amide bonds. The molecule has 3 rings (SSSR count). The van der Waals surface area contributed by atoms with Gasteiger partial charge in [-0.05, 0) is 35.8 Å². The number of hydrogen-bond acceptors (Lipinski definition) is 5. The molecular formula is C15H16N2O2S2. The van der Waals surface area contributed by atoms with Gasteiger partial charge in [0.1, 0.15) is 10.8 Å². The molecule has 0 aliphatic carbocycles. The number of pyridine rings is 1. The van der Waals surface area contributed by atoms with Gasteiger partial charge >= 0.3 is 0 Å². The molecule has 0 bridgehead atoms. The Morgan fingerprint density at radius 2 is 2.24 bits per heavy atom. The molecule has 2 aromatic rings. The fourth-order valence-electron chi connectivity index (χ4n) is 2.52. The van der Waals surface area contributed by atoms with E-state index in [1.807, 2.05) is 23.2 Å². The number of thioether (sulfide) groups is 1. The highest BCUT2D eigenvalue weighted by Crippen LogP contribution is 2.21. The molecule has 0 unspecified atom stereocenters. The van der Waals surface area contributed by atoms with Crippen molar-refractivity contribution in [2.45, 2.75) is 25.5 Å². The predicted octanol–water partition coefficient (Wildman–Crippen LogP) is 2.85. The van der Waals surface area contributed by atoms with Gasteiger partial charge in [0.25, 0.3) is 5.56 Å². The Morgan fingerprint density at radius 1 is 1.43 bits per heavy atom. The Bertz CT molecular complexity index is 723. The van der Waals surface area contributed by atoms with E-state index in [4.69, 9.17) is 4.74 Å². The van der Waals surface area contributed by atoms with Crippen molar-refractivity contribution < 1.29 is 4.74 Å². The van der Waals surface area contributed by atoms with Crippen molar-refractivity contribution in [3.63, 3.8) is 0 Å². The van der Waals surface area contributed by atoms with Crippen LogP contribution in [0.1, 0.15) is 18.4 Å². The van der Waals surface area contributed by atoms with Crippen LogP contribution in [0.15, 0.2) is 22.4 Å². The van der Waals surface area contributed by atoms with Crippen LogP contribution >= 0.6 is 23.1 Å². The number of nitriles is 1. The first-order chi connectivity index (χ1) is 10.3. The molecular weight excluding hydrogens is 304 g/mol. The van der Waals surface area contributed by atoms with Crippen LogP contribution in [0, 0.1) is 11.3 Å². The molecule has 2 aromatic heterocycles. The van der Waals surface area contributed by atoms with E-state index in [1.54, 1.807) is 10.8 Å². The Hall–Kier alpha value is -1.29. The van der Waals surface area contributed by atoms with Gasteiger partial charge in [0, 0.05) is 18.1 Å². The lowest BCUT2D eigenvalue weighted by atomic mass is 10.2. The molecule has 0 saturated carbocycles. The number of ether oxygens (including phenoxy) is 1. The van der Waals surface area contributed by atoms with Crippen LogP contribution in [-0.2, 0) is 11.3 Å². The summed E-state index contributed by atoms with van der Waals surface area (Å²) in [5, 5.41) is 11.8. The lowest BCUT2D eigenvalue weighted by Crippen LogP contribution is -2.25. The van der Waals surface area contributed by atoms with Crippen molar-refractivity contribution >= 4 is 33.2 Å². The fraction of sp³-hybridized carbons (Fsp3) is 0.467. The van der Waals surface area contributed by atoms with E-state index >= 15 is 0 Å². The predicted molar refractivity (Wildman–Crippen MR) is 87.1 cm³/mol. The molecule has 0 aromatic carbocycles. The molecule has 0 spiro atoms. The van der Waals surface area contributed by atoms with Crippen LogP contribution in [0.25, 0.3) is 10.1 Å². The summed E-state index contributed by atoms with van der Waals surface area (Å²) in [6.07, 6.45) is 4.15. The molecule has 6 heteroatoms. The zero-order valence-corrected chi connectivity index (χ0v) is 13.2. The zero-order chi connectivity index (χ0) is 14.7. The van der Waals surface area contributed by atoms with Gasteiger partial charge in [-0.1, -0.05) is 0 Å². The molecule has 4 nitrogen and oxygen atoms in total. The number of nitrogens with zero attached hydrogens (tertiary/aromatic N) is 2. The number of fused-ring (bicyclic) bond motifs is 1. The number of hydrogen-bond donors (Lipinski definition) is 0. The SMILES string of the molecule is N#Cc1cn(CCOC2CCSCC2)c(=O)c2sccc12. The van der Waals surface area contributed by atoms with E-state index in [9.17, 15) is 10.1 Å². The normalized spacial score (nSPS) is 16.1. The Balaban J connectivity index is 1.73. The van der Waals surface area contributed by atoms with Gasteiger partial charge in [-0.25, -0.2) is 0 Å². The first kappa shape index (κ1) is 14.6. The summed E-state index contributed by atoms with van der Waals surface area (Å²) < 4.78 is 8.12. The minimum Gasteiger partial charge on any atom is -0.376 e. The molecule has 0 radical (unpaired) electrons. The maximum Gasteiger partial charge on any atom is 0.268 e. The third-order valence-electron chi connectivity index (χ3n) is 3.67. The molecule has 1 aliphatic rings. The van der Waals surface area contributed by atoms with Crippen LogP contribution in [0.3, 0.4) is 0 Å². The molecule has 1 fully saturated rings. The standard InChI is InChI=1S/C15H16N2O2S2/c16-9-11-10-17(15(18)14-13(11)3-8-21-14)4-5-19-12-1-6-20-7-2-12/h3,8,10,12H,1-2,4-7H2. The second-order valence-corrected chi connectivity index (χ2v) is 7.14. The minimum absolute atomic E-state index is 0.0261. The summed E-state index contributed by atoms with van der Waals surface area (Å²) in [5.41, 5.74) is 0.529. The van der Waals surface area contributed by atoms with Crippen molar-refractivity contribution in [2.75, 3.05) is 18.1 Å². The topological polar surface area (TPSA) is 55.0 Å². The van der Waals surface area contributed by atoms with Crippen molar-refractivity contribution in [3.8, 4) is 6.07 Å². The lowest BCUT2D eigenvalue weighted by Gasteiger charge is -2.21. The molecule has 3 heterocycles. The molecule has 1 aliphatic heterocycles. The highest BCUT2D eigenvalue weighted by atomic mass is 32.2. The summed E-state index contributed by atoms with van der Waals surface area (Å²) in [6, 6.07) is 4.00. The van der Waals surface area contributed by atoms with E-state index in [-0.39, 0.29) is 5.56 Å². The smallest absolute Gasteiger partial charge is 0.268 e. The third kappa shape index (κ3) is 3.15. The largest absolute Gasteiger partial charge is 0.376 e. The third-order valence-corrected chi connectivity index (χ3v) is 5.62. The Labute approximate surface area is 131 Å². The number of rotatable bonds is 4. The van der Waals surface area contributed by atoms with E-state index in [0.29, 0.717) is 29.5 Å². The monoisotopic (exact) mass is 320 g/mol. The Morgan fingerprint density at radius 3 is 3.00 bits per heavy atom. The van der Waals surface area contributed by atoms with E-state index in [2.05, 4.69) is 6.07 Å². The van der Waals surface area contributed by atoms with Crippen molar-refractivity contribution in [3.05, 3.63) is 33.6 Å². The van der Waals surface area contributed by atoms with Crippen molar-refractivity contribution in [1.29, 1.82) is 5.26 Å². The van der Waals surface area contributed by atoms with Crippen LogP contribution in [0.5, 0.6) is 0 Å². The highest BCUT2D eigenvalue weighted by Gasteiger charge is 2.14. The van der Waals surface area contributed by atoms with Crippen LogP contribution in [-0.4, -0.2) is 28.8 Å². The van der Waals surface area contributed by atoms with Crippen molar-refractivity contribution in [1.82, 2.24) is 4.57 Å². The second-order valence-electron chi connectivity index (χ2n) is 5.00. The average Bonchev–Trinajstić information content (AvgIpc) is 3.01. The Kier molecular flexibility index (Phi) is 4.63. The van der Waals surface area contributed by atoms with Gasteiger partial charge in [0.2, 0.25) is 0 Å². The van der Waals surface area contributed by atoms with E-state index < -0.39 is 0 Å². The number of thiophene rings is 1. The summed E-state index contributed by atoms with van der Waals surface area (Å²) in [4.78, 5) is 12.3. The second kappa shape index (κ2) is 6.65. The summed E-state index contributed by atoms with van der Waals surface area (Å²) >= 11 is 3.36. The minimum atomic E-state index is -0.0261. The summed E-state index contributed by atoms with van der Waals surface area (Å²) in [5.74, 6) is 2.31. The first-order valence-electron chi connectivity index (χ1n) is 6.99. The van der Waals surface area contributed by atoms with Gasteiger partial charge in [0.05, 0.1) is 18.3 Å². The van der Waals surface area contributed by atoms with Crippen LogP contribution < -0.4 is 5.56 Å².